The van der Waals surface area contributed by atoms with Gasteiger partial charge in [-0.2, -0.15) is 13.2 Å². The average molecular weight is 405 g/mol. The van der Waals surface area contributed by atoms with Crippen molar-refractivity contribution in [1.29, 1.82) is 0 Å². The molecule has 0 spiro atoms. The van der Waals surface area contributed by atoms with Gasteiger partial charge in [0.05, 0.1) is 11.3 Å². The molecule has 1 saturated heterocycles. The minimum Gasteiger partial charge on any atom is -0.344 e. The Bertz CT molecular complexity index is 821. The van der Waals surface area contributed by atoms with Gasteiger partial charge in [0.15, 0.2) is 5.13 Å². The normalized spacial score (nSPS) is 18.4. The van der Waals surface area contributed by atoms with Crippen LogP contribution < -0.4 is 9.62 Å². The van der Waals surface area contributed by atoms with E-state index in [4.69, 9.17) is 0 Å². The fraction of sp³-hybridized carbons (Fsp3) is 0.438. The highest BCUT2D eigenvalue weighted by molar-refractivity contribution is 7.88. The summed E-state index contributed by atoms with van der Waals surface area (Å²) >= 11 is 1.51. The van der Waals surface area contributed by atoms with Gasteiger partial charge in [-0.3, -0.25) is 0 Å². The molecule has 2 aromatic rings. The molecule has 2 heterocycles. The lowest BCUT2D eigenvalue weighted by atomic mass is 10.1. The van der Waals surface area contributed by atoms with Gasteiger partial charge in [0.25, 0.3) is 0 Å². The second-order valence-corrected chi connectivity index (χ2v) is 8.79. The van der Waals surface area contributed by atoms with E-state index in [0.29, 0.717) is 5.56 Å². The first-order chi connectivity index (χ1) is 12.2. The third-order valence-corrected chi connectivity index (χ3v) is 6.35. The molecule has 26 heavy (non-hydrogen) atoms. The van der Waals surface area contributed by atoms with Crippen LogP contribution in [0.15, 0.2) is 35.8 Å². The fourth-order valence-corrected chi connectivity index (χ4v) is 4.86. The largest absolute Gasteiger partial charge is 0.416 e. The van der Waals surface area contributed by atoms with Crippen molar-refractivity contribution in [2.75, 3.05) is 18.0 Å². The maximum Gasteiger partial charge on any atom is 0.416 e. The Balaban J connectivity index is 1.59. The Labute approximate surface area is 153 Å². The van der Waals surface area contributed by atoms with Gasteiger partial charge in [-0.15, -0.1) is 11.3 Å². The average Bonchev–Trinajstić information content (AvgIpc) is 3.23. The first-order valence-corrected chi connectivity index (χ1v) is 10.6. The van der Waals surface area contributed by atoms with Gasteiger partial charge in [0.1, 0.15) is 0 Å². The summed E-state index contributed by atoms with van der Waals surface area (Å²) in [7, 11) is -3.64. The lowest BCUT2D eigenvalue weighted by Crippen LogP contribution is -2.40. The number of alkyl halides is 3. The third kappa shape index (κ3) is 4.74. The molecular weight excluding hydrogens is 387 g/mol. The zero-order valence-corrected chi connectivity index (χ0v) is 15.4. The summed E-state index contributed by atoms with van der Waals surface area (Å²) in [6, 6.07) is 4.21. The second kappa shape index (κ2) is 7.53. The van der Waals surface area contributed by atoms with Crippen LogP contribution in [0.1, 0.15) is 24.0 Å². The van der Waals surface area contributed by atoms with E-state index in [2.05, 4.69) is 14.6 Å². The zero-order chi connectivity index (χ0) is 18.8. The lowest BCUT2D eigenvalue weighted by molar-refractivity contribution is -0.137. The summed E-state index contributed by atoms with van der Waals surface area (Å²) in [6.45, 7) is 1.08. The molecule has 0 aliphatic carbocycles. The van der Waals surface area contributed by atoms with E-state index in [1.165, 1.54) is 23.5 Å². The summed E-state index contributed by atoms with van der Waals surface area (Å²) < 4.78 is 64.8. The van der Waals surface area contributed by atoms with E-state index in [-0.39, 0.29) is 18.3 Å². The molecule has 10 heteroatoms. The van der Waals surface area contributed by atoms with Crippen LogP contribution in [0.5, 0.6) is 0 Å². The second-order valence-electron chi connectivity index (χ2n) is 6.11. The number of nitrogens with one attached hydrogen (secondary N) is 1. The van der Waals surface area contributed by atoms with Crippen molar-refractivity contribution in [1.82, 2.24) is 9.71 Å². The summed E-state index contributed by atoms with van der Waals surface area (Å²) in [4.78, 5) is 6.35. The highest BCUT2D eigenvalue weighted by atomic mass is 32.2. The molecule has 1 aliphatic heterocycles. The Morgan fingerprint density at radius 3 is 2.62 bits per heavy atom. The number of anilines is 1. The molecule has 3 rings (SSSR count). The van der Waals surface area contributed by atoms with Crippen LogP contribution in [-0.4, -0.2) is 32.5 Å². The van der Waals surface area contributed by atoms with E-state index >= 15 is 0 Å². The predicted molar refractivity (Wildman–Crippen MR) is 94.6 cm³/mol. The van der Waals surface area contributed by atoms with Crippen molar-refractivity contribution in [2.45, 2.75) is 30.8 Å². The summed E-state index contributed by atoms with van der Waals surface area (Å²) in [5, 5.41) is 2.74. The number of aromatic nitrogens is 1. The van der Waals surface area contributed by atoms with Crippen molar-refractivity contribution >= 4 is 26.5 Å². The predicted octanol–water partition coefficient (Wildman–Crippen LogP) is 3.25. The summed E-state index contributed by atoms with van der Waals surface area (Å²) in [5.74, 6) is -0.352. The Morgan fingerprint density at radius 2 is 2.00 bits per heavy atom. The van der Waals surface area contributed by atoms with Crippen molar-refractivity contribution in [3.05, 3.63) is 47.0 Å². The van der Waals surface area contributed by atoms with Gasteiger partial charge in [-0.1, -0.05) is 12.1 Å². The molecule has 1 fully saturated rings. The SMILES string of the molecule is O=S(=O)(Cc1ccc(C(F)(F)F)cc1)NCC1CCCN1c1nccs1. The molecule has 1 atom stereocenters. The van der Waals surface area contributed by atoms with E-state index in [1.54, 1.807) is 6.20 Å². The molecule has 5 nitrogen and oxygen atoms in total. The lowest BCUT2D eigenvalue weighted by Gasteiger charge is -2.24. The molecule has 1 N–H and O–H groups in total. The van der Waals surface area contributed by atoms with E-state index < -0.39 is 21.8 Å². The van der Waals surface area contributed by atoms with Crippen molar-refractivity contribution < 1.29 is 21.6 Å². The van der Waals surface area contributed by atoms with Crippen molar-refractivity contribution in [3.8, 4) is 0 Å². The highest BCUT2D eigenvalue weighted by Crippen LogP contribution is 2.29. The number of rotatable bonds is 6. The van der Waals surface area contributed by atoms with Crippen LogP contribution in [0.3, 0.4) is 0 Å². The number of benzene rings is 1. The molecule has 0 amide bonds. The quantitative estimate of drug-likeness (QED) is 0.802. The molecule has 1 aromatic carbocycles. The molecule has 0 bridgehead atoms. The maximum atomic E-state index is 12.6. The van der Waals surface area contributed by atoms with E-state index in [1.807, 2.05) is 5.38 Å². The highest BCUT2D eigenvalue weighted by Gasteiger charge is 2.30. The van der Waals surface area contributed by atoms with Crippen LogP contribution in [0.25, 0.3) is 0 Å². The summed E-state index contributed by atoms with van der Waals surface area (Å²) in [5.41, 5.74) is -0.481. The van der Waals surface area contributed by atoms with Gasteiger partial charge in [-0.05, 0) is 30.5 Å². The summed E-state index contributed by atoms with van der Waals surface area (Å²) in [6.07, 6.45) is -0.894. The number of sulfonamides is 1. The number of halogens is 3. The molecule has 1 aliphatic rings. The molecule has 1 unspecified atom stereocenters. The van der Waals surface area contributed by atoms with Crippen LogP contribution in [0.4, 0.5) is 18.3 Å². The van der Waals surface area contributed by atoms with Crippen LogP contribution in [0.2, 0.25) is 0 Å². The number of hydrogen-bond donors (Lipinski definition) is 1. The minimum atomic E-state index is -4.43. The van der Waals surface area contributed by atoms with Gasteiger partial charge in [0, 0.05) is 30.7 Å². The first-order valence-electron chi connectivity index (χ1n) is 8.04. The molecule has 0 radical (unpaired) electrons. The first kappa shape index (κ1) is 19.1. The smallest absolute Gasteiger partial charge is 0.344 e. The Hall–Kier alpha value is -1.65. The van der Waals surface area contributed by atoms with Gasteiger partial charge >= 0.3 is 6.18 Å². The monoisotopic (exact) mass is 405 g/mol. The van der Waals surface area contributed by atoms with Crippen molar-refractivity contribution in [2.24, 2.45) is 0 Å². The van der Waals surface area contributed by atoms with E-state index in [0.717, 1.165) is 36.7 Å². The molecule has 0 saturated carbocycles. The van der Waals surface area contributed by atoms with Crippen molar-refractivity contribution in [3.63, 3.8) is 0 Å². The molecule has 1 aromatic heterocycles. The molecule has 142 valence electrons. The maximum absolute atomic E-state index is 12.6. The third-order valence-electron chi connectivity index (χ3n) is 4.22. The topological polar surface area (TPSA) is 62.3 Å². The zero-order valence-electron chi connectivity index (χ0n) is 13.7. The standard InChI is InChI=1S/C16H18F3N3O2S2/c17-16(18,19)13-5-3-12(4-6-13)11-26(23,24)21-10-14-2-1-8-22(14)15-20-7-9-25-15/h3-7,9,14,21H,1-2,8,10-11H2. The number of hydrogen-bond acceptors (Lipinski definition) is 5. The Kier molecular flexibility index (Phi) is 5.54. The van der Waals surface area contributed by atoms with Gasteiger partial charge in [0.2, 0.25) is 10.0 Å². The minimum absolute atomic E-state index is 0.0310. The number of thiazole rings is 1. The van der Waals surface area contributed by atoms with Gasteiger partial charge in [-0.25, -0.2) is 18.1 Å². The fourth-order valence-electron chi connectivity index (χ4n) is 2.94. The van der Waals surface area contributed by atoms with Crippen LogP contribution >= 0.6 is 11.3 Å². The van der Waals surface area contributed by atoms with Crippen LogP contribution in [-0.2, 0) is 22.0 Å². The Morgan fingerprint density at radius 1 is 1.27 bits per heavy atom. The van der Waals surface area contributed by atoms with E-state index in [9.17, 15) is 21.6 Å². The van der Waals surface area contributed by atoms with Gasteiger partial charge < -0.3 is 4.90 Å². The van der Waals surface area contributed by atoms with Crippen LogP contribution in [0, 0.1) is 0 Å². The number of nitrogens with zero attached hydrogens (tertiary/aromatic N) is 2. The molecular formula is C16H18F3N3O2S2.